The van der Waals surface area contributed by atoms with Gasteiger partial charge in [0, 0.05) is 30.7 Å². The van der Waals surface area contributed by atoms with Crippen molar-refractivity contribution in [3.63, 3.8) is 0 Å². The Morgan fingerprint density at radius 1 is 1.10 bits per heavy atom. The van der Waals surface area contributed by atoms with Gasteiger partial charge in [-0.3, -0.25) is 9.69 Å². The number of morpholine rings is 1. The number of hydrogen-bond donors (Lipinski definition) is 1. The smallest absolute Gasteiger partial charge is 0.261 e. The molecule has 3 rings (SSSR count). The second-order valence-corrected chi connectivity index (χ2v) is 8.62. The van der Waals surface area contributed by atoms with Crippen LogP contribution in [0.3, 0.4) is 0 Å². The van der Waals surface area contributed by atoms with Gasteiger partial charge in [0.15, 0.2) is 6.10 Å². The molecule has 1 amide bonds. The third kappa shape index (κ3) is 6.84. The van der Waals surface area contributed by atoms with Crippen molar-refractivity contribution in [3.8, 4) is 5.75 Å². The number of halogens is 1. The van der Waals surface area contributed by atoms with E-state index >= 15 is 0 Å². The molecule has 0 aromatic heterocycles. The lowest BCUT2D eigenvalue weighted by molar-refractivity contribution is -0.127. The zero-order valence-corrected chi connectivity index (χ0v) is 18.8. The van der Waals surface area contributed by atoms with Crippen LogP contribution in [-0.4, -0.2) is 42.2 Å². The van der Waals surface area contributed by atoms with E-state index in [-0.39, 0.29) is 18.1 Å². The second-order valence-electron chi connectivity index (χ2n) is 7.70. The normalized spacial score (nSPS) is 20.8. The highest BCUT2D eigenvalue weighted by molar-refractivity contribution is 9.10. The fraction of sp³-hybridized carbons (Fsp3) is 0.435. The van der Waals surface area contributed by atoms with E-state index in [2.05, 4.69) is 64.3 Å². The molecule has 5 nitrogen and oxygen atoms in total. The molecule has 6 heteroatoms. The van der Waals surface area contributed by atoms with Gasteiger partial charge in [0.2, 0.25) is 0 Å². The Labute approximate surface area is 181 Å². The molecule has 1 N–H and O–H groups in total. The van der Waals surface area contributed by atoms with Crippen molar-refractivity contribution in [1.82, 2.24) is 10.2 Å². The summed E-state index contributed by atoms with van der Waals surface area (Å²) in [4.78, 5) is 14.7. The molecule has 2 aromatic rings. The molecule has 0 bridgehead atoms. The first-order valence-corrected chi connectivity index (χ1v) is 10.8. The van der Waals surface area contributed by atoms with Crippen LogP contribution in [0.15, 0.2) is 53.0 Å². The van der Waals surface area contributed by atoms with Crippen LogP contribution in [0.5, 0.6) is 5.75 Å². The van der Waals surface area contributed by atoms with Gasteiger partial charge in [0.05, 0.1) is 12.2 Å². The topological polar surface area (TPSA) is 50.8 Å². The van der Waals surface area contributed by atoms with E-state index < -0.39 is 6.10 Å². The van der Waals surface area contributed by atoms with Crippen molar-refractivity contribution in [2.24, 2.45) is 0 Å². The van der Waals surface area contributed by atoms with E-state index in [1.807, 2.05) is 24.3 Å². The summed E-state index contributed by atoms with van der Waals surface area (Å²) in [6.07, 6.45) is -0.00884. The number of ether oxygens (including phenoxy) is 2. The molecule has 2 aromatic carbocycles. The SMILES string of the molecule is CC1CN(Cc2ccc(CNC(=O)C(C)Oc3ccc(Br)cc3)cc2)CC(C)O1. The van der Waals surface area contributed by atoms with E-state index in [0.29, 0.717) is 12.3 Å². The highest BCUT2D eigenvalue weighted by Gasteiger charge is 2.22. The minimum Gasteiger partial charge on any atom is -0.481 e. The molecule has 3 atom stereocenters. The van der Waals surface area contributed by atoms with Gasteiger partial charge in [-0.1, -0.05) is 40.2 Å². The van der Waals surface area contributed by atoms with E-state index in [4.69, 9.17) is 9.47 Å². The first kappa shape index (κ1) is 21.8. The number of nitrogens with zero attached hydrogens (tertiary/aromatic N) is 1. The van der Waals surface area contributed by atoms with E-state index in [0.717, 1.165) is 29.7 Å². The van der Waals surface area contributed by atoms with E-state index in [1.165, 1.54) is 5.56 Å². The minimum absolute atomic E-state index is 0.131. The van der Waals surface area contributed by atoms with Crippen LogP contribution in [0.25, 0.3) is 0 Å². The van der Waals surface area contributed by atoms with Gasteiger partial charge in [-0.25, -0.2) is 0 Å². The number of carbonyl (C=O) groups is 1. The zero-order valence-electron chi connectivity index (χ0n) is 17.2. The summed E-state index contributed by atoms with van der Waals surface area (Å²) in [7, 11) is 0. The number of amides is 1. The lowest BCUT2D eigenvalue weighted by Gasteiger charge is -2.35. The van der Waals surface area contributed by atoms with Crippen LogP contribution in [-0.2, 0) is 22.6 Å². The van der Waals surface area contributed by atoms with E-state index in [9.17, 15) is 4.79 Å². The summed E-state index contributed by atoms with van der Waals surface area (Å²) >= 11 is 3.39. The average Bonchev–Trinajstić information content (AvgIpc) is 2.68. The average molecular weight is 461 g/mol. The Morgan fingerprint density at radius 3 is 2.31 bits per heavy atom. The Balaban J connectivity index is 1.45. The third-order valence-corrected chi connectivity index (χ3v) is 5.42. The molecule has 3 unspecified atom stereocenters. The monoisotopic (exact) mass is 460 g/mol. The number of nitrogens with one attached hydrogen (secondary N) is 1. The first-order valence-electron chi connectivity index (χ1n) is 10.0. The van der Waals surface area contributed by atoms with Gasteiger partial charge in [-0.05, 0) is 56.2 Å². The summed E-state index contributed by atoms with van der Waals surface area (Å²) in [5.74, 6) is 0.542. The molecule has 1 heterocycles. The van der Waals surface area contributed by atoms with Crippen LogP contribution in [0.1, 0.15) is 31.9 Å². The zero-order chi connectivity index (χ0) is 20.8. The number of rotatable bonds is 7. The van der Waals surface area contributed by atoms with Crippen molar-refractivity contribution in [3.05, 3.63) is 64.1 Å². The standard InChI is InChI=1S/C23H29BrN2O3/c1-16-13-26(14-17(2)28-16)15-20-6-4-19(5-7-20)12-25-23(27)18(3)29-22-10-8-21(24)9-11-22/h4-11,16-18H,12-15H2,1-3H3,(H,25,27). The van der Waals surface area contributed by atoms with Crippen molar-refractivity contribution in [2.45, 2.75) is 52.2 Å². The van der Waals surface area contributed by atoms with E-state index in [1.54, 1.807) is 6.92 Å². The predicted octanol–water partition coefficient (Wildman–Crippen LogP) is 4.14. The molecular weight excluding hydrogens is 432 g/mol. The van der Waals surface area contributed by atoms with Gasteiger partial charge in [-0.2, -0.15) is 0 Å². The molecule has 0 radical (unpaired) electrons. The summed E-state index contributed by atoms with van der Waals surface area (Å²) in [5.41, 5.74) is 2.34. The van der Waals surface area contributed by atoms with Crippen molar-refractivity contribution >= 4 is 21.8 Å². The maximum absolute atomic E-state index is 12.3. The quantitative estimate of drug-likeness (QED) is 0.674. The molecule has 156 valence electrons. The molecule has 29 heavy (non-hydrogen) atoms. The van der Waals surface area contributed by atoms with Crippen molar-refractivity contribution in [2.75, 3.05) is 13.1 Å². The van der Waals surface area contributed by atoms with Gasteiger partial charge < -0.3 is 14.8 Å². The summed E-state index contributed by atoms with van der Waals surface area (Å²) < 4.78 is 12.5. The first-order chi connectivity index (χ1) is 13.9. The fourth-order valence-corrected chi connectivity index (χ4v) is 3.80. The number of hydrogen-bond acceptors (Lipinski definition) is 4. The lowest BCUT2D eigenvalue weighted by Crippen LogP contribution is -2.44. The maximum atomic E-state index is 12.3. The summed E-state index contributed by atoms with van der Waals surface area (Å²) in [5, 5.41) is 2.94. The third-order valence-electron chi connectivity index (χ3n) is 4.89. The van der Waals surface area contributed by atoms with Gasteiger partial charge in [0.1, 0.15) is 5.75 Å². The Bertz CT molecular complexity index is 785. The molecular formula is C23H29BrN2O3. The number of carbonyl (C=O) groups excluding carboxylic acids is 1. The molecule has 0 aliphatic carbocycles. The molecule has 0 saturated carbocycles. The van der Waals surface area contributed by atoms with Crippen LogP contribution >= 0.6 is 15.9 Å². The molecule has 0 spiro atoms. The largest absolute Gasteiger partial charge is 0.481 e. The molecule has 1 fully saturated rings. The molecule has 1 aliphatic heterocycles. The van der Waals surface area contributed by atoms with Crippen molar-refractivity contribution in [1.29, 1.82) is 0 Å². The Morgan fingerprint density at radius 2 is 1.69 bits per heavy atom. The number of benzene rings is 2. The second kappa shape index (κ2) is 10.2. The van der Waals surface area contributed by atoms with Gasteiger partial charge in [0.25, 0.3) is 5.91 Å². The maximum Gasteiger partial charge on any atom is 0.261 e. The van der Waals surface area contributed by atoms with Crippen LogP contribution in [0, 0.1) is 0 Å². The molecule has 1 saturated heterocycles. The summed E-state index contributed by atoms with van der Waals surface area (Å²) in [6, 6.07) is 15.9. The summed E-state index contributed by atoms with van der Waals surface area (Å²) in [6.45, 7) is 9.31. The van der Waals surface area contributed by atoms with Gasteiger partial charge in [-0.15, -0.1) is 0 Å². The highest BCUT2D eigenvalue weighted by Crippen LogP contribution is 2.18. The van der Waals surface area contributed by atoms with Gasteiger partial charge >= 0.3 is 0 Å². The minimum atomic E-state index is -0.555. The van der Waals surface area contributed by atoms with Crippen LogP contribution in [0.2, 0.25) is 0 Å². The Hall–Kier alpha value is -1.89. The van der Waals surface area contributed by atoms with Crippen LogP contribution < -0.4 is 10.1 Å². The predicted molar refractivity (Wildman–Crippen MR) is 118 cm³/mol. The highest BCUT2D eigenvalue weighted by atomic mass is 79.9. The fourth-order valence-electron chi connectivity index (χ4n) is 3.54. The van der Waals surface area contributed by atoms with Crippen LogP contribution in [0.4, 0.5) is 0 Å². The Kier molecular flexibility index (Phi) is 7.70. The molecule has 1 aliphatic rings. The van der Waals surface area contributed by atoms with Crippen molar-refractivity contribution < 1.29 is 14.3 Å². The lowest BCUT2D eigenvalue weighted by atomic mass is 10.1.